The highest BCUT2D eigenvalue weighted by Gasteiger charge is 2.04. The Kier molecular flexibility index (Phi) is 2.28. The van der Waals surface area contributed by atoms with Gasteiger partial charge in [-0.3, -0.25) is 0 Å². The number of nitrogens with zero attached hydrogens (tertiary/aromatic N) is 2. The van der Waals surface area contributed by atoms with Crippen LogP contribution in [0.15, 0.2) is 36.9 Å². The lowest BCUT2D eigenvalue weighted by Crippen LogP contribution is -2.00. The van der Waals surface area contributed by atoms with Gasteiger partial charge in [0, 0.05) is 18.9 Å². The minimum atomic E-state index is -0.278. The molecule has 72 valence electrons. The molecule has 1 aromatic carbocycles. The van der Waals surface area contributed by atoms with E-state index in [-0.39, 0.29) is 5.82 Å². The summed E-state index contributed by atoms with van der Waals surface area (Å²) in [5, 5.41) is 0. The Hall–Kier alpha value is -1.68. The summed E-state index contributed by atoms with van der Waals surface area (Å²) in [7, 11) is 0. The zero-order valence-electron chi connectivity index (χ0n) is 7.52. The summed E-state index contributed by atoms with van der Waals surface area (Å²) < 4.78 is 15.0. The fourth-order valence-electron chi connectivity index (χ4n) is 1.28. The third-order valence-corrected chi connectivity index (χ3v) is 2.03. The summed E-state index contributed by atoms with van der Waals surface area (Å²) in [4.78, 5) is 3.86. The maximum atomic E-state index is 13.4. The number of aromatic nitrogens is 2. The van der Waals surface area contributed by atoms with E-state index >= 15 is 0 Å². The maximum absolute atomic E-state index is 13.4. The molecule has 0 fully saturated rings. The molecule has 0 radical (unpaired) electrons. The van der Waals surface area contributed by atoms with Crippen molar-refractivity contribution in [3.8, 4) is 5.69 Å². The summed E-state index contributed by atoms with van der Waals surface area (Å²) in [6, 6.07) is 4.81. The van der Waals surface area contributed by atoms with Gasteiger partial charge in [0.15, 0.2) is 0 Å². The van der Waals surface area contributed by atoms with Crippen molar-refractivity contribution in [2.24, 2.45) is 5.73 Å². The molecule has 1 aromatic heterocycles. The van der Waals surface area contributed by atoms with Crippen molar-refractivity contribution < 1.29 is 4.39 Å². The number of imidazole rings is 1. The van der Waals surface area contributed by atoms with E-state index in [9.17, 15) is 4.39 Å². The Balaban J connectivity index is 2.51. The predicted molar refractivity (Wildman–Crippen MR) is 51.4 cm³/mol. The molecule has 0 aliphatic carbocycles. The van der Waals surface area contributed by atoms with Gasteiger partial charge >= 0.3 is 0 Å². The van der Waals surface area contributed by atoms with Crippen LogP contribution in [0.3, 0.4) is 0 Å². The molecule has 0 atom stereocenters. The number of benzene rings is 1. The highest BCUT2D eigenvalue weighted by Crippen LogP contribution is 2.14. The van der Waals surface area contributed by atoms with E-state index in [4.69, 9.17) is 5.73 Å². The molecule has 0 saturated carbocycles. The van der Waals surface area contributed by atoms with Gasteiger partial charge in [-0.05, 0) is 17.7 Å². The minimum Gasteiger partial charge on any atom is -0.326 e. The molecule has 4 heteroatoms. The lowest BCUT2D eigenvalue weighted by atomic mass is 10.2. The molecule has 0 spiro atoms. The molecule has 0 amide bonds. The van der Waals surface area contributed by atoms with E-state index in [1.54, 1.807) is 35.4 Å². The van der Waals surface area contributed by atoms with Gasteiger partial charge in [0.1, 0.15) is 5.82 Å². The SMILES string of the molecule is NCc1ccc(F)c(-n2ccnc2)c1. The van der Waals surface area contributed by atoms with Crippen LogP contribution >= 0.6 is 0 Å². The third-order valence-electron chi connectivity index (χ3n) is 2.03. The zero-order chi connectivity index (χ0) is 9.97. The Morgan fingerprint density at radius 3 is 2.93 bits per heavy atom. The average molecular weight is 191 g/mol. The Labute approximate surface area is 81.0 Å². The fourth-order valence-corrected chi connectivity index (χ4v) is 1.28. The van der Waals surface area contributed by atoms with Crippen LogP contribution in [0.4, 0.5) is 4.39 Å². The van der Waals surface area contributed by atoms with Crippen LogP contribution in [-0.2, 0) is 6.54 Å². The average Bonchev–Trinajstić information content (AvgIpc) is 2.71. The number of nitrogens with two attached hydrogens (primary N) is 1. The molecule has 1 heterocycles. The van der Waals surface area contributed by atoms with Gasteiger partial charge in [0.25, 0.3) is 0 Å². The van der Waals surface area contributed by atoms with Crippen molar-refractivity contribution in [2.45, 2.75) is 6.54 Å². The quantitative estimate of drug-likeness (QED) is 0.781. The smallest absolute Gasteiger partial charge is 0.147 e. The van der Waals surface area contributed by atoms with Gasteiger partial charge in [-0.2, -0.15) is 0 Å². The van der Waals surface area contributed by atoms with Gasteiger partial charge in [-0.1, -0.05) is 6.07 Å². The van der Waals surface area contributed by atoms with Crippen LogP contribution in [0.2, 0.25) is 0 Å². The summed E-state index contributed by atoms with van der Waals surface area (Å²) in [6.07, 6.45) is 4.85. The highest BCUT2D eigenvalue weighted by molar-refractivity contribution is 5.37. The van der Waals surface area contributed by atoms with Crippen molar-refractivity contribution >= 4 is 0 Å². The van der Waals surface area contributed by atoms with Crippen LogP contribution in [0.5, 0.6) is 0 Å². The first kappa shape index (κ1) is 8.90. The monoisotopic (exact) mass is 191 g/mol. The molecule has 0 aliphatic heterocycles. The largest absolute Gasteiger partial charge is 0.326 e. The summed E-state index contributed by atoms with van der Waals surface area (Å²) in [6.45, 7) is 0.405. The van der Waals surface area contributed by atoms with Gasteiger partial charge in [0.2, 0.25) is 0 Å². The number of hydrogen-bond acceptors (Lipinski definition) is 2. The molecule has 0 saturated heterocycles. The molecule has 2 rings (SSSR count). The van der Waals surface area contributed by atoms with Crippen molar-refractivity contribution in [3.05, 3.63) is 48.3 Å². The molecule has 14 heavy (non-hydrogen) atoms. The first-order chi connectivity index (χ1) is 6.81. The molecule has 2 N–H and O–H groups in total. The van der Waals surface area contributed by atoms with Crippen LogP contribution in [0, 0.1) is 5.82 Å². The fraction of sp³-hybridized carbons (Fsp3) is 0.100. The van der Waals surface area contributed by atoms with Crippen LogP contribution < -0.4 is 5.73 Å². The lowest BCUT2D eigenvalue weighted by Gasteiger charge is -2.05. The van der Waals surface area contributed by atoms with E-state index in [0.717, 1.165) is 5.56 Å². The van der Waals surface area contributed by atoms with Crippen LogP contribution in [0.25, 0.3) is 5.69 Å². The molecule has 2 aromatic rings. The Morgan fingerprint density at radius 2 is 2.29 bits per heavy atom. The van der Waals surface area contributed by atoms with Crippen molar-refractivity contribution in [3.63, 3.8) is 0 Å². The van der Waals surface area contributed by atoms with Crippen molar-refractivity contribution in [1.29, 1.82) is 0 Å². The van der Waals surface area contributed by atoms with E-state index in [0.29, 0.717) is 12.2 Å². The Morgan fingerprint density at radius 1 is 1.43 bits per heavy atom. The van der Waals surface area contributed by atoms with E-state index in [1.807, 2.05) is 0 Å². The van der Waals surface area contributed by atoms with Gasteiger partial charge in [0.05, 0.1) is 12.0 Å². The molecular weight excluding hydrogens is 181 g/mol. The minimum absolute atomic E-state index is 0.278. The van der Waals surface area contributed by atoms with E-state index in [1.165, 1.54) is 6.07 Å². The zero-order valence-corrected chi connectivity index (χ0v) is 7.52. The molecule has 0 unspecified atom stereocenters. The Bertz CT molecular complexity index is 423. The standard InChI is InChI=1S/C10H10FN3/c11-9-2-1-8(6-12)5-10(9)14-4-3-13-7-14/h1-5,7H,6,12H2. The van der Waals surface area contributed by atoms with Crippen LogP contribution in [-0.4, -0.2) is 9.55 Å². The van der Waals surface area contributed by atoms with E-state index < -0.39 is 0 Å². The first-order valence-electron chi connectivity index (χ1n) is 4.28. The third kappa shape index (κ3) is 1.52. The molecule has 0 bridgehead atoms. The number of halogens is 1. The number of rotatable bonds is 2. The summed E-state index contributed by atoms with van der Waals surface area (Å²) in [5.41, 5.74) is 6.85. The second-order valence-corrected chi connectivity index (χ2v) is 2.96. The van der Waals surface area contributed by atoms with Crippen molar-refractivity contribution in [2.75, 3.05) is 0 Å². The highest BCUT2D eigenvalue weighted by atomic mass is 19.1. The second kappa shape index (κ2) is 3.59. The second-order valence-electron chi connectivity index (χ2n) is 2.96. The van der Waals surface area contributed by atoms with Crippen molar-refractivity contribution in [1.82, 2.24) is 9.55 Å². The molecular formula is C10H10FN3. The summed E-state index contributed by atoms with van der Waals surface area (Å²) in [5.74, 6) is -0.278. The van der Waals surface area contributed by atoms with Gasteiger partial charge < -0.3 is 10.3 Å². The molecule has 3 nitrogen and oxygen atoms in total. The van der Waals surface area contributed by atoms with Gasteiger partial charge in [-0.15, -0.1) is 0 Å². The predicted octanol–water partition coefficient (Wildman–Crippen LogP) is 1.47. The van der Waals surface area contributed by atoms with Gasteiger partial charge in [-0.25, -0.2) is 9.37 Å². The summed E-state index contributed by atoms with van der Waals surface area (Å²) >= 11 is 0. The maximum Gasteiger partial charge on any atom is 0.147 e. The number of hydrogen-bond donors (Lipinski definition) is 1. The first-order valence-corrected chi connectivity index (χ1v) is 4.28. The van der Waals surface area contributed by atoms with E-state index in [2.05, 4.69) is 4.98 Å². The van der Waals surface area contributed by atoms with Crippen LogP contribution in [0.1, 0.15) is 5.56 Å². The topological polar surface area (TPSA) is 43.8 Å². The molecule has 0 aliphatic rings. The normalized spacial score (nSPS) is 10.4. The lowest BCUT2D eigenvalue weighted by molar-refractivity contribution is 0.617.